The Bertz CT molecular complexity index is 367. The van der Waals surface area contributed by atoms with Crippen LogP contribution in [0.1, 0.15) is 32.1 Å². The lowest BCUT2D eigenvalue weighted by molar-refractivity contribution is -0.121. The van der Waals surface area contributed by atoms with Gasteiger partial charge in [0.2, 0.25) is 5.91 Å². The van der Waals surface area contributed by atoms with E-state index in [9.17, 15) is 9.59 Å². The fourth-order valence-corrected chi connectivity index (χ4v) is 4.35. The van der Waals surface area contributed by atoms with Crippen LogP contribution in [0.4, 0.5) is 4.79 Å². The van der Waals surface area contributed by atoms with Gasteiger partial charge in [0.15, 0.2) is 0 Å². The van der Waals surface area contributed by atoms with Crippen LogP contribution in [0.3, 0.4) is 0 Å². The number of hydrogen-bond acceptors (Lipinski definition) is 4. The molecule has 0 saturated carbocycles. The van der Waals surface area contributed by atoms with E-state index in [4.69, 9.17) is 4.74 Å². The molecule has 0 aliphatic carbocycles. The molecule has 0 aromatic rings. The van der Waals surface area contributed by atoms with Crippen molar-refractivity contribution in [3.63, 3.8) is 0 Å². The maximum Gasteiger partial charge on any atom is 0.315 e. The SMILES string of the molecule is COCCCNC(=O)CCCC[C@@H]1SC[C@@H]2NC(=O)N[C@@H]21. The van der Waals surface area contributed by atoms with Crippen LogP contribution in [0, 0.1) is 0 Å². The summed E-state index contributed by atoms with van der Waals surface area (Å²) in [4.78, 5) is 22.9. The van der Waals surface area contributed by atoms with Gasteiger partial charge in [-0.1, -0.05) is 6.42 Å². The molecule has 7 heteroatoms. The van der Waals surface area contributed by atoms with E-state index in [-0.39, 0.29) is 24.0 Å². The van der Waals surface area contributed by atoms with Gasteiger partial charge in [0, 0.05) is 37.7 Å². The molecular weight excluding hydrogens is 290 g/mol. The Morgan fingerprint density at radius 1 is 1.38 bits per heavy atom. The van der Waals surface area contributed by atoms with E-state index in [1.165, 1.54) is 0 Å². The largest absolute Gasteiger partial charge is 0.385 e. The van der Waals surface area contributed by atoms with Gasteiger partial charge in [-0.3, -0.25) is 4.79 Å². The van der Waals surface area contributed by atoms with Crippen molar-refractivity contribution in [3.05, 3.63) is 0 Å². The van der Waals surface area contributed by atoms with E-state index >= 15 is 0 Å². The summed E-state index contributed by atoms with van der Waals surface area (Å²) >= 11 is 1.92. The molecular formula is C14H25N3O3S. The van der Waals surface area contributed by atoms with Crippen LogP contribution in [-0.2, 0) is 9.53 Å². The second-order valence-corrected chi connectivity index (χ2v) is 6.84. The fraction of sp³-hybridized carbons (Fsp3) is 0.857. The summed E-state index contributed by atoms with van der Waals surface area (Å²) in [6.45, 7) is 1.37. The molecule has 0 unspecified atom stereocenters. The van der Waals surface area contributed by atoms with Crippen molar-refractivity contribution in [2.75, 3.05) is 26.0 Å². The highest BCUT2D eigenvalue weighted by atomic mass is 32.2. The third-order valence-corrected chi connectivity index (χ3v) is 5.44. The zero-order chi connectivity index (χ0) is 15.1. The standard InChI is InChI=1S/C14H25N3O3S/c1-20-8-4-7-15-12(18)6-3-2-5-11-13-10(9-21-11)16-14(19)17-13/h10-11,13H,2-9H2,1H3,(H,15,18)(H2,16,17,19)/t10-,11-,13-/m0/s1. The molecule has 21 heavy (non-hydrogen) atoms. The summed E-state index contributed by atoms with van der Waals surface area (Å²) in [5.41, 5.74) is 0. The normalized spacial score (nSPS) is 27.1. The number of ether oxygens (including phenoxy) is 1. The molecule has 3 amide bonds. The van der Waals surface area contributed by atoms with E-state index in [2.05, 4.69) is 16.0 Å². The minimum absolute atomic E-state index is 0.0364. The number of fused-ring (bicyclic) bond motifs is 1. The van der Waals surface area contributed by atoms with Crippen LogP contribution in [-0.4, -0.2) is 55.3 Å². The number of thioether (sulfide) groups is 1. The van der Waals surface area contributed by atoms with Gasteiger partial charge in [-0.25, -0.2) is 4.79 Å². The van der Waals surface area contributed by atoms with Crippen molar-refractivity contribution in [1.82, 2.24) is 16.0 Å². The van der Waals surface area contributed by atoms with Crippen molar-refractivity contribution >= 4 is 23.7 Å². The molecule has 0 spiro atoms. The minimum atomic E-state index is -0.0364. The number of hydrogen-bond donors (Lipinski definition) is 3. The fourth-order valence-electron chi connectivity index (χ4n) is 2.81. The van der Waals surface area contributed by atoms with E-state index in [0.29, 0.717) is 24.8 Å². The molecule has 2 aliphatic rings. The summed E-state index contributed by atoms with van der Waals surface area (Å²) in [7, 11) is 1.66. The average molecular weight is 315 g/mol. The predicted molar refractivity (Wildman–Crippen MR) is 83.5 cm³/mol. The van der Waals surface area contributed by atoms with Crippen molar-refractivity contribution in [2.24, 2.45) is 0 Å². The number of rotatable bonds is 9. The quantitative estimate of drug-likeness (QED) is 0.436. The molecule has 0 aromatic carbocycles. The van der Waals surface area contributed by atoms with Gasteiger partial charge in [-0.05, 0) is 19.3 Å². The highest BCUT2D eigenvalue weighted by molar-refractivity contribution is 8.00. The number of urea groups is 1. The van der Waals surface area contributed by atoms with Crippen LogP contribution in [0.15, 0.2) is 0 Å². The molecule has 0 aromatic heterocycles. The Morgan fingerprint density at radius 3 is 3.05 bits per heavy atom. The Hall–Kier alpha value is -0.950. The Kier molecular flexibility index (Phi) is 6.63. The van der Waals surface area contributed by atoms with Gasteiger partial charge < -0.3 is 20.7 Å². The monoisotopic (exact) mass is 315 g/mol. The molecule has 2 saturated heterocycles. The van der Waals surface area contributed by atoms with E-state index in [0.717, 1.165) is 31.4 Å². The maximum atomic E-state index is 11.6. The Labute approximate surface area is 130 Å². The highest BCUT2D eigenvalue weighted by Crippen LogP contribution is 2.33. The van der Waals surface area contributed by atoms with Crippen molar-refractivity contribution in [3.8, 4) is 0 Å². The first-order valence-corrected chi connectivity index (χ1v) is 8.70. The van der Waals surface area contributed by atoms with Gasteiger partial charge in [0.25, 0.3) is 0 Å². The summed E-state index contributed by atoms with van der Waals surface area (Å²) < 4.78 is 4.93. The molecule has 3 N–H and O–H groups in total. The zero-order valence-electron chi connectivity index (χ0n) is 12.5. The first-order chi connectivity index (χ1) is 10.2. The third kappa shape index (κ3) is 5.07. The van der Waals surface area contributed by atoms with E-state index < -0.39 is 0 Å². The molecule has 0 radical (unpaired) electrons. The molecule has 0 bridgehead atoms. The molecule has 120 valence electrons. The van der Waals surface area contributed by atoms with Gasteiger partial charge >= 0.3 is 6.03 Å². The number of amides is 3. The number of carbonyl (C=O) groups excluding carboxylic acids is 2. The number of nitrogens with one attached hydrogen (secondary N) is 3. The van der Waals surface area contributed by atoms with Gasteiger partial charge in [0.05, 0.1) is 12.1 Å². The molecule has 2 rings (SSSR count). The lowest BCUT2D eigenvalue weighted by atomic mass is 10.0. The first-order valence-electron chi connectivity index (χ1n) is 7.65. The topological polar surface area (TPSA) is 79.5 Å². The van der Waals surface area contributed by atoms with Crippen LogP contribution >= 0.6 is 11.8 Å². The maximum absolute atomic E-state index is 11.6. The molecule has 2 heterocycles. The average Bonchev–Trinajstić information content (AvgIpc) is 2.99. The summed E-state index contributed by atoms with van der Waals surface area (Å²) in [5, 5.41) is 9.32. The van der Waals surface area contributed by atoms with Crippen molar-refractivity contribution < 1.29 is 14.3 Å². The van der Waals surface area contributed by atoms with E-state index in [1.807, 2.05) is 11.8 Å². The molecule has 3 atom stereocenters. The zero-order valence-corrected chi connectivity index (χ0v) is 13.3. The summed E-state index contributed by atoms with van der Waals surface area (Å²) in [5.74, 6) is 1.12. The van der Waals surface area contributed by atoms with Gasteiger partial charge in [0.1, 0.15) is 0 Å². The van der Waals surface area contributed by atoms with Gasteiger partial charge in [-0.15, -0.1) is 0 Å². The van der Waals surface area contributed by atoms with E-state index in [1.54, 1.807) is 7.11 Å². The van der Waals surface area contributed by atoms with Gasteiger partial charge in [-0.2, -0.15) is 11.8 Å². The van der Waals surface area contributed by atoms with Crippen LogP contribution < -0.4 is 16.0 Å². The Balaban J connectivity index is 1.52. The molecule has 6 nitrogen and oxygen atoms in total. The van der Waals surface area contributed by atoms with Crippen LogP contribution in [0.2, 0.25) is 0 Å². The summed E-state index contributed by atoms with van der Waals surface area (Å²) in [6.07, 6.45) is 4.44. The minimum Gasteiger partial charge on any atom is -0.385 e. The number of carbonyl (C=O) groups is 2. The highest BCUT2D eigenvalue weighted by Gasteiger charge is 2.42. The molecule has 2 fully saturated rings. The third-order valence-electron chi connectivity index (χ3n) is 3.93. The summed E-state index contributed by atoms with van der Waals surface area (Å²) in [6, 6.07) is 0.521. The lowest BCUT2D eigenvalue weighted by Gasteiger charge is -2.16. The predicted octanol–water partition coefficient (Wildman–Crippen LogP) is 0.865. The van der Waals surface area contributed by atoms with Crippen LogP contribution in [0.25, 0.3) is 0 Å². The lowest BCUT2D eigenvalue weighted by Crippen LogP contribution is -2.36. The van der Waals surface area contributed by atoms with Crippen molar-refractivity contribution in [1.29, 1.82) is 0 Å². The number of unbranched alkanes of at least 4 members (excludes halogenated alkanes) is 1. The second kappa shape index (κ2) is 8.48. The first kappa shape index (κ1) is 16.4. The Morgan fingerprint density at radius 2 is 2.24 bits per heavy atom. The second-order valence-electron chi connectivity index (χ2n) is 5.56. The molecule has 2 aliphatic heterocycles. The number of methoxy groups -OCH3 is 1. The van der Waals surface area contributed by atoms with Crippen molar-refractivity contribution in [2.45, 2.75) is 49.4 Å². The van der Waals surface area contributed by atoms with Crippen LogP contribution in [0.5, 0.6) is 0 Å². The smallest absolute Gasteiger partial charge is 0.315 e.